The molecule has 0 aromatic heterocycles. The zero-order chi connectivity index (χ0) is 17.7. The van der Waals surface area contributed by atoms with Crippen LogP contribution in [0.5, 0.6) is 5.75 Å². The first-order valence-electron chi connectivity index (χ1n) is 7.41. The van der Waals surface area contributed by atoms with Crippen molar-refractivity contribution in [1.29, 1.82) is 0 Å². The normalized spacial score (nSPS) is 13.6. The Bertz CT molecular complexity index is 549. The fourth-order valence-corrected chi connectivity index (χ4v) is 2.11. The molecular weight excluding hydrogens is 345 g/mol. The number of nitrogens with two attached hydrogens (primary N) is 1. The standard InChI is InChI=1S/C16H23F3N2O2.ClH/c1-4-7-15(3,20)14(22)21-9-12-6-5-11(2)8-13(12)23-10-16(17,18)19;/h5-6,8H,4,7,9-10,20H2,1-3H3,(H,21,22);1H. The number of carbonyl (C=O) groups excluding carboxylic acids is 1. The minimum Gasteiger partial charge on any atom is -0.484 e. The average molecular weight is 369 g/mol. The largest absolute Gasteiger partial charge is 0.484 e. The van der Waals surface area contributed by atoms with Crippen LogP contribution >= 0.6 is 12.4 Å². The van der Waals surface area contributed by atoms with E-state index >= 15 is 0 Å². The van der Waals surface area contributed by atoms with Gasteiger partial charge in [-0.3, -0.25) is 4.79 Å². The molecule has 4 nitrogen and oxygen atoms in total. The third-order valence-corrected chi connectivity index (χ3v) is 3.34. The van der Waals surface area contributed by atoms with Gasteiger partial charge in [0.1, 0.15) is 5.75 Å². The fraction of sp³-hybridized carbons (Fsp3) is 0.562. The predicted octanol–water partition coefficient (Wildman–Crippen LogP) is 3.49. The molecule has 0 bridgehead atoms. The third-order valence-electron chi connectivity index (χ3n) is 3.34. The quantitative estimate of drug-likeness (QED) is 0.774. The molecule has 0 aliphatic carbocycles. The Labute approximate surface area is 146 Å². The van der Waals surface area contributed by atoms with Gasteiger partial charge in [-0.25, -0.2) is 0 Å². The average Bonchev–Trinajstić information content (AvgIpc) is 2.42. The highest BCUT2D eigenvalue weighted by Gasteiger charge is 2.29. The molecule has 8 heteroatoms. The summed E-state index contributed by atoms with van der Waals surface area (Å²) < 4.78 is 41.8. The van der Waals surface area contributed by atoms with Crippen molar-refractivity contribution >= 4 is 18.3 Å². The lowest BCUT2D eigenvalue weighted by molar-refractivity contribution is -0.153. The summed E-state index contributed by atoms with van der Waals surface area (Å²) in [5, 5.41) is 2.66. The van der Waals surface area contributed by atoms with Crippen molar-refractivity contribution in [3.05, 3.63) is 29.3 Å². The van der Waals surface area contributed by atoms with E-state index < -0.39 is 18.3 Å². The molecule has 138 valence electrons. The number of hydrogen-bond acceptors (Lipinski definition) is 3. The topological polar surface area (TPSA) is 64.4 Å². The SMILES string of the molecule is CCCC(C)(N)C(=O)NCc1ccc(C)cc1OCC(F)(F)F.Cl. The number of amides is 1. The molecule has 0 fully saturated rings. The Balaban J connectivity index is 0.00000529. The summed E-state index contributed by atoms with van der Waals surface area (Å²) in [6, 6.07) is 4.89. The summed E-state index contributed by atoms with van der Waals surface area (Å²) in [7, 11) is 0. The molecule has 1 aromatic rings. The molecule has 1 amide bonds. The molecule has 0 saturated heterocycles. The van der Waals surface area contributed by atoms with Crippen LogP contribution < -0.4 is 15.8 Å². The highest BCUT2D eigenvalue weighted by atomic mass is 35.5. The molecule has 1 rings (SSSR count). The van der Waals surface area contributed by atoms with Gasteiger partial charge >= 0.3 is 6.18 Å². The minimum atomic E-state index is -4.42. The number of nitrogens with one attached hydrogen (secondary N) is 1. The van der Waals surface area contributed by atoms with Crippen LogP contribution in [0.15, 0.2) is 18.2 Å². The number of carbonyl (C=O) groups is 1. The van der Waals surface area contributed by atoms with Crippen molar-refractivity contribution in [2.45, 2.75) is 51.9 Å². The number of benzene rings is 1. The molecule has 1 aromatic carbocycles. The van der Waals surface area contributed by atoms with Crippen molar-refractivity contribution in [3.63, 3.8) is 0 Å². The van der Waals surface area contributed by atoms with Gasteiger partial charge in [-0.1, -0.05) is 25.5 Å². The highest BCUT2D eigenvalue weighted by molar-refractivity contribution is 5.85. The van der Waals surface area contributed by atoms with E-state index in [9.17, 15) is 18.0 Å². The maximum atomic E-state index is 12.3. The van der Waals surface area contributed by atoms with Gasteiger partial charge in [0.2, 0.25) is 5.91 Å². The second kappa shape index (κ2) is 9.13. The van der Waals surface area contributed by atoms with Crippen molar-refractivity contribution in [3.8, 4) is 5.75 Å². The first kappa shape index (κ1) is 22.5. The maximum absolute atomic E-state index is 12.3. The Hall–Kier alpha value is -1.47. The molecule has 3 N–H and O–H groups in total. The van der Waals surface area contributed by atoms with Crippen molar-refractivity contribution < 1.29 is 22.7 Å². The van der Waals surface area contributed by atoms with Crippen LogP contribution in [0.4, 0.5) is 13.2 Å². The number of ether oxygens (including phenoxy) is 1. The molecule has 0 saturated carbocycles. The first-order chi connectivity index (χ1) is 10.5. The molecule has 24 heavy (non-hydrogen) atoms. The Morgan fingerprint density at radius 1 is 1.33 bits per heavy atom. The van der Waals surface area contributed by atoms with Gasteiger partial charge in [0.25, 0.3) is 0 Å². The number of rotatable bonds is 7. The van der Waals surface area contributed by atoms with Gasteiger partial charge in [0.15, 0.2) is 6.61 Å². The fourth-order valence-electron chi connectivity index (χ4n) is 2.11. The number of aryl methyl sites for hydroxylation is 1. The molecule has 0 aliphatic rings. The van der Waals surface area contributed by atoms with Crippen LogP contribution in [0.3, 0.4) is 0 Å². The lowest BCUT2D eigenvalue weighted by Crippen LogP contribution is -2.51. The lowest BCUT2D eigenvalue weighted by atomic mass is 9.96. The van der Waals surface area contributed by atoms with E-state index in [1.54, 1.807) is 26.0 Å². The summed E-state index contributed by atoms with van der Waals surface area (Å²) in [5.41, 5.74) is 6.16. The van der Waals surface area contributed by atoms with Crippen LogP contribution in [0.1, 0.15) is 37.8 Å². The summed E-state index contributed by atoms with van der Waals surface area (Å²) in [6.07, 6.45) is -3.14. The van der Waals surface area contributed by atoms with E-state index in [2.05, 4.69) is 5.32 Å². The van der Waals surface area contributed by atoms with Crippen molar-refractivity contribution in [1.82, 2.24) is 5.32 Å². The summed E-state index contributed by atoms with van der Waals surface area (Å²) >= 11 is 0. The number of halogens is 4. The van der Waals surface area contributed by atoms with Crippen molar-refractivity contribution in [2.75, 3.05) is 6.61 Å². The van der Waals surface area contributed by atoms with Crippen LogP contribution in [0.25, 0.3) is 0 Å². The Morgan fingerprint density at radius 2 is 1.96 bits per heavy atom. The predicted molar refractivity (Wildman–Crippen MR) is 89.3 cm³/mol. The van der Waals surface area contributed by atoms with E-state index in [4.69, 9.17) is 10.5 Å². The molecule has 0 spiro atoms. The second-order valence-electron chi connectivity index (χ2n) is 5.87. The summed E-state index contributed by atoms with van der Waals surface area (Å²) in [6.45, 7) is 3.98. The van der Waals surface area contributed by atoms with Crippen LogP contribution in [-0.2, 0) is 11.3 Å². The molecular formula is C16H24ClF3N2O2. The van der Waals surface area contributed by atoms with E-state index in [1.807, 2.05) is 6.92 Å². The molecule has 0 aliphatic heterocycles. The molecule has 0 radical (unpaired) electrons. The van der Waals surface area contributed by atoms with Gasteiger partial charge < -0.3 is 15.8 Å². The van der Waals surface area contributed by atoms with Crippen LogP contribution in [-0.4, -0.2) is 24.2 Å². The monoisotopic (exact) mass is 368 g/mol. The molecule has 1 unspecified atom stereocenters. The van der Waals surface area contributed by atoms with Crippen LogP contribution in [0.2, 0.25) is 0 Å². The van der Waals surface area contributed by atoms with E-state index in [1.165, 1.54) is 6.07 Å². The number of alkyl halides is 3. The Morgan fingerprint density at radius 3 is 2.50 bits per heavy atom. The zero-order valence-electron chi connectivity index (χ0n) is 14.0. The van der Waals surface area contributed by atoms with E-state index in [-0.39, 0.29) is 30.6 Å². The van der Waals surface area contributed by atoms with Gasteiger partial charge in [0.05, 0.1) is 5.54 Å². The zero-order valence-corrected chi connectivity index (χ0v) is 14.8. The van der Waals surface area contributed by atoms with Gasteiger partial charge in [0, 0.05) is 12.1 Å². The molecule has 1 atom stereocenters. The first-order valence-corrected chi connectivity index (χ1v) is 7.41. The second-order valence-corrected chi connectivity index (χ2v) is 5.87. The summed E-state index contributed by atoms with van der Waals surface area (Å²) in [4.78, 5) is 12.1. The lowest BCUT2D eigenvalue weighted by Gasteiger charge is -2.23. The number of hydrogen-bond donors (Lipinski definition) is 2. The van der Waals surface area contributed by atoms with Gasteiger partial charge in [-0.05, 0) is 31.9 Å². The maximum Gasteiger partial charge on any atom is 0.422 e. The minimum absolute atomic E-state index is 0. The molecule has 0 heterocycles. The van der Waals surface area contributed by atoms with E-state index in [0.29, 0.717) is 12.0 Å². The Kier molecular flexibility index (Phi) is 8.57. The van der Waals surface area contributed by atoms with E-state index in [0.717, 1.165) is 12.0 Å². The highest BCUT2D eigenvalue weighted by Crippen LogP contribution is 2.24. The van der Waals surface area contributed by atoms with Crippen molar-refractivity contribution in [2.24, 2.45) is 5.73 Å². The smallest absolute Gasteiger partial charge is 0.422 e. The van der Waals surface area contributed by atoms with Crippen LogP contribution in [0, 0.1) is 6.92 Å². The summed E-state index contributed by atoms with van der Waals surface area (Å²) in [5.74, 6) is -0.237. The third kappa shape index (κ3) is 7.40. The van der Waals surface area contributed by atoms with Gasteiger partial charge in [-0.2, -0.15) is 13.2 Å². The van der Waals surface area contributed by atoms with Gasteiger partial charge in [-0.15, -0.1) is 12.4 Å².